The number of aliphatic hydroxyl groups is 1. The molecule has 18 heavy (non-hydrogen) atoms. The van der Waals surface area contributed by atoms with E-state index in [1.165, 1.54) is 56.9 Å². The van der Waals surface area contributed by atoms with Gasteiger partial charge in [-0.2, -0.15) is 0 Å². The zero-order chi connectivity index (χ0) is 13.1. The standard InChI is InChI=1S/C17H30O/c1-2-3-13-16-14-11-9-7-5-4-6-8-10-12-15-17(16)18/h3,13,18H,2,4-12,14-15H2,1H3/b13-3+,17-16+. The Balaban J connectivity index is 2.55. The molecule has 1 rings (SSSR count). The smallest absolute Gasteiger partial charge is 0.0954 e. The molecule has 0 amide bonds. The number of hydrogen-bond donors (Lipinski definition) is 1. The molecule has 0 aromatic heterocycles. The normalized spacial score (nSPS) is 25.4. The van der Waals surface area contributed by atoms with Crippen LogP contribution in [0.25, 0.3) is 0 Å². The average Bonchev–Trinajstić information content (AvgIpc) is 2.40. The van der Waals surface area contributed by atoms with Crippen LogP contribution in [-0.2, 0) is 0 Å². The number of hydrogen-bond acceptors (Lipinski definition) is 1. The van der Waals surface area contributed by atoms with Gasteiger partial charge in [-0.25, -0.2) is 0 Å². The maximum atomic E-state index is 10.2. The van der Waals surface area contributed by atoms with Crippen molar-refractivity contribution >= 4 is 0 Å². The van der Waals surface area contributed by atoms with Crippen molar-refractivity contribution in [3.05, 3.63) is 23.5 Å². The second-order valence-corrected chi connectivity index (χ2v) is 5.46. The molecule has 0 heterocycles. The third-order valence-corrected chi connectivity index (χ3v) is 3.79. The highest BCUT2D eigenvalue weighted by molar-refractivity contribution is 5.21. The van der Waals surface area contributed by atoms with Crippen LogP contribution < -0.4 is 0 Å². The Labute approximate surface area is 113 Å². The SMILES string of the molecule is CC/C=C/C1=C(\O)CCCCCCCCCCC1. The van der Waals surface area contributed by atoms with Gasteiger partial charge >= 0.3 is 0 Å². The Bertz CT molecular complexity index is 263. The van der Waals surface area contributed by atoms with E-state index in [-0.39, 0.29) is 0 Å². The molecule has 0 aromatic carbocycles. The first-order chi connectivity index (χ1) is 8.84. The minimum absolute atomic E-state index is 0.652. The zero-order valence-corrected chi connectivity index (χ0v) is 12.1. The largest absolute Gasteiger partial charge is 0.512 e. The molecule has 0 unspecified atom stereocenters. The van der Waals surface area contributed by atoms with Crippen molar-refractivity contribution in [2.45, 2.75) is 84.0 Å². The Kier molecular flexibility index (Phi) is 8.71. The van der Waals surface area contributed by atoms with Crippen LogP contribution in [0.4, 0.5) is 0 Å². The Morgan fingerprint density at radius 3 is 1.89 bits per heavy atom. The van der Waals surface area contributed by atoms with Crippen molar-refractivity contribution < 1.29 is 5.11 Å². The summed E-state index contributed by atoms with van der Waals surface area (Å²) in [6, 6.07) is 0. The zero-order valence-electron chi connectivity index (χ0n) is 12.1. The van der Waals surface area contributed by atoms with Crippen LogP contribution in [0.2, 0.25) is 0 Å². The van der Waals surface area contributed by atoms with Crippen molar-refractivity contribution in [2.24, 2.45) is 0 Å². The van der Waals surface area contributed by atoms with Gasteiger partial charge in [0, 0.05) is 6.42 Å². The first kappa shape index (κ1) is 15.3. The second-order valence-electron chi connectivity index (χ2n) is 5.46. The lowest BCUT2D eigenvalue weighted by atomic mass is 10.0. The molecule has 1 N–H and O–H groups in total. The predicted octanol–water partition coefficient (Wildman–Crippen LogP) is 6.07. The fraction of sp³-hybridized carbons (Fsp3) is 0.765. The summed E-state index contributed by atoms with van der Waals surface area (Å²) in [7, 11) is 0. The van der Waals surface area contributed by atoms with Gasteiger partial charge in [0.05, 0.1) is 5.76 Å². The minimum atomic E-state index is 0.652. The predicted molar refractivity (Wildman–Crippen MR) is 79.9 cm³/mol. The van der Waals surface area contributed by atoms with Crippen molar-refractivity contribution in [3.63, 3.8) is 0 Å². The number of allylic oxidation sites excluding steroid dienone is 4. The van der Waals surface area contributed by atoms with Crippen LogP contribution in [-0.4, -0.2) is 5.11 Å². The third kappa shape index (κ3) is 6.88. The molecule has 1 aliphatic carbocycles. The molecule has 104 valence electrons. The number of aliphatic hydroxyl groups excluding tert-OH is 1. The van der Waals surface area contributed by atoms with E-state index in [2.05, 4.69) is 19.1 Å². The highest BCUT2D eigenvalue weighted by Gasteiger charge is 2.04. The second kappa shape index (κ2) is 10.2. The summed E-state index contributed by atoms with van der Waals surface area (Å²) >= 11 is 0. The lowest BCUT2D eigenvalue weighted by Gasteiger charge is -2.07. The molecule has 0 saturated heterocycles. The van der Waals surface area contributed by atoms with Gasteiger partial charge in [0.1, 0.15) is 0 Å². The molecule has 0 spiro atoms. The summed E-state index contributed by atoms with van der Waals surface area (Å²) in [5, 5.41) is 10.2. The van der Waals surface area contributed by atoms with Crippen LogP contribution in [0.5, 0.6) is 0 Å². The summed E-state index contributed by atoms with van der Waals surface area (Å²) in [5.41, 5.74) is 1.19. The van der Waals surface area contributed by atoms with E-state index < -0.39 is 0 Å². The highest BCUT2D eigenvalue weighted by Crippen LogP contribution is 2.21. The monoisotopic (exact) mass is 250 g/mol. The molecule has 0 saturated carbocycles. The van der Waals surface area contributed by atoms with Gasteiger partial charge < -0.3 is 5.11 Å². The molecular weight excluding hydrogens is 220 g/mol. The fourth-order valence-corrected chi connectivity index (χ4v) is 2.59. The van der Waals surface area contributed by atoms with Crippen molar-refractivity contribution in [3.8, 4) is 0 Å². The van der Waals surface area contributed by atoms with Gasteiger partial charge in [-0.1, -0.05) is 64.0 Å². The average molecular weight is 250 g/mol. The summed E-state index contributed by atoms with van der Waals surface area (Å²) in [6.45, 7) is 2.15. The Morgan fingerprint density at radius 1 is 0.833 bits per heavy atom. The van der Waals surface area contributed by atoms with Gasteiger partial charge in [0.15, 0.2) is 0 Å². The lowest BCUT2D eigenvalue weighted by Crippen LogP contribution is -1.91. The van der Waals surface area contributed by atoms with E-state index in [4.69, 9.17) is 0 Å². The molecule has 0 radical (unpaired) electrons. The van der Waals surface area contributed by atoms with Gasteiger partial charge in [-0.3, -0.25) is 0 Å². The van der Waals surface area contributed by atoms with E-state index in [0.717, 1.165) is 25.7 Å². The van der Waals surface area contributed by atoms with E-state index in [1.807, 2.05) is 0 Å². The van der Waals surface area contributed by atoms with Crippen LogP contribution in [0.15, 0.2) is 23.5 Å². The molecule has 0 bridgehead atoms. The molecule has 0 fully saturated rings. The first-order valence-electron chi connectivity index (χ1n) is 7.92. The molecular formula is C17H30O. The number of rotatable bonds is 2. The van der Waals surface area contributed by atoms with Crippen molar-refractivity contribution in [2.75, 3.05) is 0 Å². The maximum absolute atomic E-state index is 10.2. The lowest BCUT2D eigenvalue weighted by molar-refractivity contribution is 0.372. The van der Waals surface area contributed by atoms with Crippen LogP contribution >= 0.6 is 0 Å². The third-order valence-electron chi connectivity index (χ3n) is 3.79. The maximum Gasteiger partial charge on any atom is 0.0954 e. The van der Waals surface area contributed by atoms with Crippen LogP contribution in [0.3, 0.4) is 0 Å². The first-order valence-corrected chi connectivity index (χ1v) is 7.92. The molecule has 1 aliphatic rings. The summed E-state index contributed by atoms with van der Waals surface area (Å²) in [6.07, 6.45) is 19.2. The summed E-state index contributed by atoms with van der Waals surface area (Å²) in [4.78, 5) is 0. The van der Waals surface area contributed by atoms with E-state index in [0.29, 0.717) is 5.76 Å². The molecule has 1 heteroatoms. The topological polar surface area (TPSA) is 20.2 Å². The summed E-state index contributed by atoms with van der Waals surface area (Å²) < 4.78 is 0. The molecule has 0 aliphatic heterocycles. The quantitative estimate of drug-likeness (QED) is 0.630. The van der Waals surface area contributed by atoms with Gasteiger partial charge in [0.25, 0.3) is 0 Å². The molecule has 0 aromatic rings. The van der Waals surface area contributed by atoms with Crippen molar-refractivity contribution in [1.29, 1.82) is 0 Å². The molecule has 0 atom stereocenters. The van der Waals surface area contributed by atoms with Crippen LogP contribution in [0, 0.1) is 0 Å². The van der Waals surface area contributed by atoms with E-state index in [9.17, 15) is 5.11 Å². The van der Waals surface area contributed by atoms with Gasteiger partial charge in [0.2, 0.25) is 0 Å². The van der Waals surface area contributed by atoms with E-state index in [1.54, 1.807) is 0 Å². The van der Waals surface area contributed by atoms with E-state index >= 15 is 0 Å². The Hall–Kier alpha value is -0.720. The highest BCUT2D eigenvalue weighted by atomic mass is 16.3. The van der Waals surface area contributed by atoms with Gasteiger partial charge in [-0.15, -0.1) is 0 Å². The van der Waals surface area contributed by atoms with Gasteiger partial charge in [-0.05, 0) is 31.3 Å². The summed E-state index contributed by atoms with van der Waals surface area (Å²) in [5.74, 6) is 0.652. The van der Waals surface area contributed by atoms with Crippen molar-refractivity contribution in [1.82, 2.24) is 0 Å². The Morgan fingerprint density at radius 2 is 1.33 bits per heavy atom. The van der Waals surface area contributed by atoms with Crippen LogP contribution in [0.1, 0.15) is 84.0 Å². The minimum Gasteiger partial charge on any atom is -0.512 e. The molecule has 1 nitrogen and oxygen atoms in total. The fourth-order valence-electron chi connectivity index (χ4n) is 2.59.